The van der Waals surface area contributed by atoms with Crippen LogP contribution >= 0.6 is 0 Å². The van der Waals surface area contributed by atoms with Crippen molar-refractivity contribution >= 4 is 11.4 Å². The molecule has 0 aliphatic carbocycles. The van der Waals surface area contributed by atoms with Crippen molar-refractivity contribution in [3.8, 4) is 11.1 Å². The third-order valence-electron chi connectivity index (χ3n) is 6.05. The molecule has 0 saturated carbocycles. The quantitative estimate of drug-likeness (QED) is 0.219. The maximum Gasteiger partial charge on any atom is 0.0421 e. The van der Waals surface area contributed by atoms with E-state index in [2.05, 4.69) is 127 Å². The summed E-state index contributed by atoms with van der Waals surface area (Å²) in [7, 11) is 2.00. The molecule has 1 atom stereocenters. The molecular formula is C29H38N4. The monoisotopic (exact) mass is 442 g/mol. The Hall–Kier alpha value is -3.08. The zero-order valence-corrected chi connectivity index (χ0v) is 20.4. The van der Waals surface area contributed by atoms with Gasteiger partial charge in [-0.3, -0.25) is 5.43 Å². The summed E-state index contributed by atoms with van der Waals surface area (Å²) in [5.41, 5.74) is 10.7. The van der Waals surface area contributed by atoms with E-state index in [-0.39, 0.29) is 0 Å². The van der Waals surface area contributed by atoms with Gasteiger partial charge in [-0.05, 0) is 63.6 Å². The SMILES string of the molecule is C/C=C(\C)CN(NC)C(C)CCNc1ccc(NCc2ccccc2)cc1-c1ccccc1. The Balaban J connectivity index is 1.69. The Kier molecular flexibility index (Phi) is 9.55. The summed E-state index contributed by atoms with van der Waals surface area (Å²) >= 11 is 0. The Morgan fingerprint density at radius 1 is 0.939 bits per heavy atom. The minimum Gasteiger partial charge on any atom is -0.384 e. The molecule has 4 heteroatoms. The molecular weight excluding hydrogens is 404 g/mol. The van der Waals surface area contributed by atoms with E-state index in [1.807, 2.05) is 7.05 Å². The van der Waals surface area contributed by atoms with E-state index in [0.717, 1.165) is 31.7 Å². The lowest BCUT2D eigenvalue weighted by molar-refractivity contribution is 0.160. The van der Waals surface area contributed by atoms with Gasteiger partial charge in [-0.2, -0.15) is 0 Å². The van der Waals surface area contributed by atoms with Crippen LogP contribution in [0.15, 0.2) is 90.5 Å². The largest absolute Gasteiger partial charge is 0.384 e. The van der Waals surface area contributed by atoms with Crippen molar-refractivity contribution in [2.45, 2.75) is 39.8 Å². The van der Waals surface area contributed by atoms with Gasteiger partial charge in [0.2, 0.25) is 0 Å². The van der Waals surface area contributed by atoms with Crippen molar-refractivity contribution in [3.63, 3.8) is 0 Å². The number of hydrogen-bond acceptors (Lipinski definition) is 4. The van der Waals surface area contributed by atoms with Crippen molar-refractivity contribution in [1.82, 2.24) is 10.4 Å². The molecule has 0 aliphatic heterocycles. The molecule has 3 rings (SSSR count). The van der Waals surface area contributed by atoms with Gasteiger partial charge in [0.25, 0.3) is 0 Å². The highest BCUT2D eigenvalue weighted by Gasteiger charge is 2.13. The highest BCUT2D eigenvalue weighted by molar-refractivity contribution is 5.81. The number of nitrogens with zero attached hydrogens (tertiary/aromatic N) is 1. The van der Waals surface area contributed by atoms with Gasteiger partial charge in [0, 0.05) is 42.6 Å². The van der Waals surface area contributed by atoms with E-state index in [9.17, 15) is 0 Å². The number of benzene rings is 3. The molecule has 0 amide bonds. The molecule has 0 fully saturated rings. The summed E-state index contributed by atoms with van der Waals surface area (Å²) in [6.07, 6.45) is 3.22. The molecule has 1 unspecified atom stereocenters. The van der Waals surface area contributed by atoms with Gasteiger partial charge < -0.3 is 10.6 Å². The van der Waals surface area contributed by atoms with Gasteiger partial charge in [-0.25, -0.2) is 5.01 Å². The van der Waals surface area contributed by atoms with E-state index >= 15 is 0 Å². The molecule has 174 valence electrons. The molecule has 0 heterocycles. The van der Waals surface area contributed by atoms with Crippen LogP contribution in [0.4, 0.5) is 11.4 Å². The van der Waals surface area contributed by atoms with Gasteiger partial charge >= 0.3 is 0 Å². The van der Waals surface area contributed by atoms with Crippen LogP contribution in [0, 0.1) is 0 Å². The normalized spacial score (nSPS) is 12.6. The van der Waals surface area contributed by atoms with E-state index in [0.29, 0.717) is 6.04 Å². The van der Waals surface area contributed by atoms with Crippen molar-refractivity contribution < 1.29 is 0 Å². The highest BCUT2D eigenvalue weighted by Crippen LogP contribution is 2.31. The minimum absolute atomic E-state index is 0.421. The van der Waals surface area contributed by atoms with E-state index < -0.39 is 0 Å². The van der Waals surface area contributed by atoms with E-state index in [4.69, 9.17) is 0 Å². The molecule has 3 aromatic rings. The number of allylic oxidation sites excluding steroid dienone is 1. The van der Waals surface area contributed by atoms with E-state index in [1.165, 1.54) is 28.0 Å². The molecule has 0 aromatic heterocycles. The fraction of sp³-hybridized carbons (Fsp3) is 0.310. The van der Waals surface area contributed by atoms with Crippen LogP contribution in [0.3, 0.4) is 0 Å². The summed E-state index contributed by atoms with van der Waals surface area (Å²) in [5, 5.41) is 9.56. The molecule has 0 aliphatic rings. The highest BCUT2D eigenvalue weighted by atomic mass is 15.5. The Morgan fingerprint density at radius 3 is 2.30 bits per heavy atom. The van der Waals surface area contributed by atoms with Crippen molar-refractivity contribution in [1.29, 1.82) is 0 Å². The summed E-state index contributed by atoms with van der Waals surface area (Å²) in [4.78, 5) is 0. The first kappa shape index (κ1) is 24.6. The van der Waals surface area contributed by atoms with Crippen LogP contribution in [0.25, 0.3) is 11.1 Å². The summed E-state index contributed by atoms with van der Waals surface area (Å²) < 4.78 is 0. The number of hydrazine groups is 1. The molecule has 3 N–H and O–H groups in total. The van der Waals surface area contributed by atoms with Gasteiger partial charge in [0.05, 0.1) is 0 Å². The van der Waals surface area contributed by atoms with Crippen LogP contribution in [0.1, 0.15) is 32.8 Å². The Morgan fingerprint density at radius 2 is 1.64 bits per heavy atom. The zero-order chi connectivity index (χ0) is 23.5. The molecule has 0 radical (unpaired) electrons. The summed E-state index contributed by atoms with van der Waals surface area (Å²) in [5.74, 6) is 0. The smallest absolute Gasteiger partial charge is 0.0421 e. The second-order valence-electron chi connectivity index (χ2n) is 8.52. The van der Waals surface area contributed by atoms with Crippen molar-refractivity contribution in [2.24, 2.45) is 0 Å². The molecule has 0 saturated heterocycles. The first-order chi connectivity index (χ1) is 16.1. The lowest BCUT2D eigenvalue weighted by Gasteiger charge is -2.28. The number of hydrogen-bond donors (Lipinski definition) is 3. The molecule has 33 heavy (non-hydrogen) atoms. The maximum atomic E-state index is 3.69. The van der Waals surface area contributed by atoms with Crippen LogP contribution in [0.2, 0.25) is 0 Å². The average Bonchev–Trinajstić information content (AvgIpc) is 2.87. The summed E-state index contributed by atoms with van der Waals surface area (Å²) in [6, 6.07) is 28.1. The number of anilines is 2. The Labute approximate surface area is 199 Å². The fourth-order valence-electron chi connectivity index (χ4n) is 3.85. The molecule has 0 bridgehead atoms. The third kappa shape index (κ3) is 7.48. The average molecular weight is 443 g/mol. The summed E-state index contributed by atoms with van der Waals surface area (Å²) in [6.45, 7) is 9.20. The first-order valence-electron chi connectivity index (χ1n) is 11.9. The second-order valence-corrected chi connectivity index (χ2v) is 8.52. The minimum atomic E-state index is 0.421. The number of nitrogens with one attached hydrogen (secondary N) is 3. The van der Waals surface area contributed by atoms with E-state index in [1.54, 1.807) is 0 Å². The molecule has 4 nitrogen and oxygen atoms in total. The maximum absolute atomic E-state index is 3.69. The topological polar surface area (TPSA) is 39.3 Å². The second kappa shape index (κ2) is 12.8. The predicted molar refractivity (Wildman–Crippen MR) is 143 cm³/mol. The lowest BCUT2D eigenvalue weighted by Crippen LogP contribution is -2.43. The first-order valence-corrected chi connectivity index (χ1v) is 11.9. The third-order valence-corrected chi connectivity index (χ3v) is 6.05. The predicted octanol–water partition coefficient (Wildman–Crippen LogP) is 6.56. The molecule has 0 spiro atoms. The van der Waals surface area contributed by atoms with Crippen LogP contribution in [-0.4, -0.2) is 31.2 Å². The van der Waals surface area contributed by atoms with Gasteiger partial charge in [-0.15, -0.1) is 0 Å². The molecule has 3 aromatic carbocycles. The van der Waals surface area contributed by atoms with Crippen LogP contribution < -0.4 is 16.1 Å². The van der Waals surface area contributed by atoms with Crippen molar-refractivity contribution in [3.05, 3.63) is 96.1 Å². The van der Waals surface area contributed by atoms with Crippen LogP contribution in [0.5, 0.6) is 0 Å². The standard InChI is InChI=1S/C29H38N4/c1-5-23(2)22-33(30-4)24(3)18-19-31-29-17-16-27(32-21-25-12-8-6-9-13-25)20-28(29)26-14-10-7-11-15-26/h5-17,20,24,30-32H,18-19,21-22H2,1-4H3/b23-5+. The number of rotatable bonds is 12. The van der Waals surface area contributed by atoms with Gasteiger partial charge in [0.15, 0.2) is 0 Å². The van der Waals surface area contributed by atoms with Crippen LogP contribution in [-0.2, 0) is 6.54 Å². The van der Waals surface area contributed by atoms with Gasteiger partial charge in [-0.1, -0.05) is 72.3 Å². The van der Waals surface area contributed by atoms with Crippen molar-refractivity contribution in [2.75, 3.05) is 30.8 Å². The lowest BCUT2D eigenvalue weighted by atomic mass is 10.0. The fourth-order valence-corrected chi connectivity index (χ4v) is 3.85. The zero-order valence-electron chi connectivity index (χ0n) is 20.4. The Bertz CT molecular complexity index is 999. The van der Waals surface area contributed by atoms with Gasteiger partial charge in [0.1, 0.15) is 0 Å².